The van der Waals surface area contributed by atoms with E-state index in [2.05, 4.69) is 5.32 Å². The quantitative estimate of drug-likeness (QED) is 0.400. The van der Waals surface area contributed by atoms with Crippen LogP contribution in [0.5, 0.6) is 0 Å². The highest BCUT2D eigenvalue weighted by molar-refractivity contribution is 7.92. The van der Waals surface area contributed by atoms with Gasteiger partial charge in [-0.15, -0.1) is 0 Å². The number of anilines is 1. The lowest BCUT2D eigenvalue weighted by Gasteiger charge is -2.35. The minimum atomic E-state index is -3.81. The van der Waals surface area contributed by atoms with Crippen molar-refractivity contribution >= 4 is 27.5 Å². The lowest BCUT2D eigenvalue weighted by molar-refractivity contribution is -0.140. The molecule has 0 saturated heterocycles. The van der Waals surface area contributed by atoms with Gasteiger partial charge in [-0.2, -0.15) is 0 Å². The average molecular weight is 550 g/mol. The van der Waals surface area contributed by atoms with Gasteiger partial charge in [0.25, 0.3) is 0 Å². The van der Waals surface area contributed by atoms with E-state index in [9.17, 15) is 18.0 Å². The topological polar surface area (TPSA) is 86.8 Å². The number of carbonyl (C=O) groups excluding carboxylic acids is 2. The Morgan fingerprint density at radius 3 is 1.82 bits per heavy atom. The number of nitrogens with zero attached hydrogens (tertiary/aromatic N) is 2. The summed E-state index contributed by atoms with van der Waals surface area (Å²) < 4.78 is 27.2. The molecule has 2 amide bonds. The number of aryl methyl sites for hydroxylation is 2. The third-order valence-corrected chi connectivity index (χ3v) is 7.45. The van der Waals surface area contributed by atoms with Crippen LogP contribution in [-0.4, -0.2) is 49.5 Å². The van der Waals surface area contributed by atoms with Crippen LogP contribution in [0.1, 0.15) is 43.0 Å². The molecule has 0 spiro atoms. The molecule has 0 radical (unpaired) electrons. The predicted octanol–water partition coefficient (Wildman–Crippen LogP) is 4.62. The van der Waals surface area contributed by atoms with E-state index in [0.29, 0.717) is 5.69 Å². The number of sulfonamides is 1. The SMILES string of the molecule is Cc1cccc(C)c1N(CC(=O)N(Cc1ccccc1)[C@H](Cc1ccccc1)C(=O)NC(C)(C)C)S(C)(=O)=O. The van der Waals surface area contributed by atoms with Gasteiger partial charge >= 0.3 is 0 Å². The number of para-hydroxylation sites is 1. The molecule has 0 aliphatic rings. The summed E-state index contributed by atoms with van der Waals surface area (Å²) in [6.07, 6.45) is 1.38. The zero-order valence-electron chi connectivity index (χ0n) is 23.6. The maximum atomic E-state index is 14.1. The van der Waals surface area contributed by atoms with E-state index in [1.165, 1.54) is 4.90 Å². The molecule has 3 rings (SSSR count). The highest BCUT2D eigenvalue weighted by atomic mass is 32.2. The number of carbonyl (C=O) groups is 2. The first kappa shape index (κ1) is 29.9. The first-order valence-electron chi connectivity index (χ1n) is 13.0. The number of hydrogen-bond donors (Lipinski definition) is 1. The van der Waals surface area contributed by atoms with E-state index in [1.54, 1.807) is 0 Å². The summed E-state index contributed by atoms with van der Waals surface area (Å²) in [5, 5.41) is 3.03. The molecule has 0 fully saturated rings. The molecule has 1 N–H and O–H groups in total. The van der Waals surface area contributed by atoms with Gasteiger partial charge in [0.05, 0.1) is 11.9 Å². The van der Waals surface area contributed by atoms with Crippen molar-refractivity contribution < 1.29 is 18.0 Å². The fourth-order valence-corrected chi connectivity index (χ4v) is 5.53. The maximum Gasteiger partial charge on any atom is 0.244 e. The lowest BCUT2D eigenvalue weighted by atomic mass is 10.0. The molecule has 1 atom stereocenters. The van der Waals surface area contributed by atoms with Crippen molar-refractivity contribution in [3.8, 4) is 0 Å². The van der Waals surface area contributed by atoms with Gasteiger partial charge in [-0.05, 0) is 56.9 Å². The van der Waals surface area contributed by atoms with Crippen molar-refractivity contribution in [2.75, 3.05) is 17.1 Å². The molecular formula is C31H39N3O4S. The van der Waals surface area contributed by atoms with E-state index in [1.807, 2.05) is 113 Å². The van der Waals surface area contributed by atoms with Gasteiger partial charge in [-0.25, -0.2) is 8.42 Å². The zero-order chi connectivity index (χ0) is 28.8. The first-order valence-corrected chi connectivity index (χ1v) is 14.8. The molecule has 8 heteroatoms. The molecular weight excluding hydrogens is 510 g/mol. The van der Waals surface area contributed by atoms with Crippen molar-refractivity contribution in [2.45, 2.75) is 59.2 Å². The van der Waals surface area contributed by atoms with Crippen LogP contribution in [0.15, 0.2) is 78.9 Å². The number of hydrogen-bond acceptors (Lipinski definition) is 4. The Kier molecular flexibility index (Phi) is 9.56. The van der Waals surface area contributed by atoms with Gasteiger partial charge < -0.3 is 10.2 Å². The van der Waals surface area contributed by atoms with Crippen LogP contribution in [-0.2, 0) is 32.6 Å². The van der Waals surface area contributed by atoms with Gasteiger partial charge in [-0.1, -0.05) is 78.9 Å². The summed E-state index contributed by atoms with van der Waals surface area (Å²) in [4.78, 5) is 29.4. The molecule has 0 saturated carbocycles. The second-order valence-corrected chi connectivity index (χ2v) is 12.9. The number of benzene rings is 3. The van der Waals surface area contributed by atoms with Crippen molar-refractivity contribution in [1.82, 2.24) is 10.2 Å². The number of rotatable bonds is 10. The Morgan fingerprint density at radius 2 is 1.33 bits per heavy atom. The minimum Gasteiger partial charge on any atom is -0.350 e. The highest BCUT2D eigenvalue weighted by Gasteiger charge is 2.34. The van der Waals surface area contributed by atoms with Crippen molar-refractivity contribution in [3.05, 3.63) is 101 Å². The average Bonchev–Trinajstić information content (AvgIpc) is 2.85. The van der Waals surface area contributed by atoms with Crippen molar-refractivity contribution in [1.29, 1.82) is 0 Å². The van der Waals surface area contributed by atoms with Crippen LogP contribution < -0.4 is 9.62 Å². The third-order valence-electron chi connectivity index (χ3n) is 6.33. The van der Waals surface area contributed by atoms with Crippen LogP contribution in [0, 0.1) is 13.8 Å². The van der Waals surface area contributed by atoms with Gasteiger partial charge in [0.2, 0.25) is 21.8 Å². The van der Waals surface area contributed by atoms with E-state index in [-0.39, 0.29) is 18.9 Å². The van der Waals surface area contributed by atoms with Gasteiger partial charge in [0, 0.05) is 18.5 Å². The summed E-state index contributed by atoms with van der Waals surface area (Å²) in [6.45, 7) is 9.04. The second-order valence-electron chi connectivity index (χ2n) is 11.0. The molecule has 0 aliphatic carbocycles. The van der Waals surface area contributed by atoms with E-state index in [0.717, 1.165) is 32.8 Å². The summed E-state index contributed by atoms with van der Waals surface area (Å²) in [5.74, 6) is -0.759. The normalized spacial score (nSPS) is 12.5. The molecule has 0 aromatic heterocycles. The molecule has 3 aromatic rings. The molecule has 0 unspecified atom stereocenters. The predicted molar refractivity (Wildman–Crippen MR) is 157 cm³/mol. The Hall–Kier alpha value is -3.65. The van der Waals surface area contributed by atoms with Crippen LogP contribution >= 0.6 is 0 Å². The Balaban J connectivity index is 2.09. The third kappa shape index (κ3) is 8.42. The van der Waals surface area contributed by atoms with Crippen LogP contribution in [0.2, 0.25) is 0 Å². The standard InChI is InChI=1S/C31H39N3O4S/c1-23-14-13-15-24(2)29(23)34(39(6,37)38)22-28(35)33(21-26-18-11-8-12-19-26)27(30(36)32-31(3,4)5)20-25-16-9-7-10-17-25/h7-19,27H,20-22H2,1-6H3,(H,32,36)/t27-/m1/s1. The van der Waals surface area contributed by atoms with E-state index >= 15 is 0 Å². The first-order chi connectivity index (χ1) is 18.3. The Labute approximate surface area is 232 Å². The fraction of sp³-hybridized carbons (Fsp3) is 0.355. The summed E-state index contributed by atoms with van der Waals surface area (Å²) >= 11 is 0. The van der Waals surface area contributed by atoms with Crippen molar-refractivity contribution in [2.24, 2.45) is 0 Å². The fourth-order valence-electron chi connectivity index (χ4n) is 4.56. The Bertz CT molecular complexity index is 1360. The maximum absolute atomic E-state index is 14.1. The molecule has 39 heavy (non-hydrogen) atoms. The molecule has 208 valence electrons. The zero-order valence-corrected chi connectivity index (χ0v) is 24.5. The van der Waals surface area contributed by atoms with Crippen molar-refractivity contribution in [3.63, 3.8) is 0 Å². The second kappa shape index (κ2) is 12.5. The van der Waals surface area contributed by atoms with E-state index in [4.69, 9.17) is 0 Å². The smallest absolute Gasteiger partial charge is 0.244 e. The summed E-state index contributed by atoms with van der Waals surface area (Å²) in [7, 11) is -3.81. The molecule has 0 aliphatic heterocycles. The molecule has 3 aromatic carbocycles. The molecule has 0 bridgehead atoms. The minimum absolute atomic E-state index is 0.152. The monoisotopic (exact) mass is 549 g/mol. The lowest BCUT2D eigenvalue weighted by Crippen LogP contribution is -2.56. The number of nitrogens with one attached hydrogen (secondary N) is 1. The van der Waals surface area contributed by atoms with Crippen LogP contribution in [0.4, 0.5) is 5.69 Å². The van der Waals surface area contributed by atoms with E-state index < -0.39 is 34.1 Å². The van der Waals surface area contributed by atoms with Gasteiger partial charge in [0.1, 0.15) is 12.6 Å². The number of amides is 2. The van der Waals surface area contributed by atoms with Crippen LogP contribution in [0.3, 0.4) is 0 Å². The van der Waals surface area contributed by atoms with Gasteiger partial charge in [0.15, 0.2) is 0 Å². The molecule has 0 heterocycles. The largest absolute Gasteiger partial charge is 0.350 e. The highest BCUT2D eigenvalue weighted by Crippen LogP contribution is 2.27. The van der Waals surface area contributed by atoms with Gasteiger partial charge in [-0.3, -0.25) is 13.9 Å². The Morgan fingerprint density at radius 1 is 0.821 bits per heavy atom. The summed E-state index contributed by atoms with van der Waals surface area (Å²) in [5.41, 5.74) is 3.18. The molecule has 7 nitrogen and oxygen atoms in total. The van der Waals surface area contributed by atoms with Crippen LogP contribution in [0.25, 0.3) is 0 Å². The summed E-state index contributed by atoms with van der Waals surface area (Å²) in [6, 6.07) is 23.6.